The van der Waals surface area contributed by atoms with Gasteiger partial charge in [0, 0.05) is 43.7 Å². The van der Waals surface area contributed by atoms with Gasteiger partial charge in [-0.25, -0.2) is 14.4 Å². The molecule has 2 aromatic heterocycles. The number of β-amino-alcohol motifs (C(OH)–C–C–N with tert-alkyl or cyclic N) is 1. The minimum atomic E-state index is -0.514. The van der Waals surface area contributed by atoms with Crippen LogP contribution in [0.3, 0.4) is 0 Å². The van der Waals surface area contributed by atoms with Gasteiger partial charge in [0.15, 0.2) is 16.8 Å². The van der Waals surface area contributed by atoms with Crippen LogP contribution in [0.5, 0.6) is 0 Å². The Labute approximate surface area is 172 Å². The van der Waals surface area contributed by atoms with Crippen molar-refractivity contribution >= 4 is 28.2 Å². The van der Waals surface area contributed by atoms with Gasteiger partial charge < -0.3 is 15.3 Å². The molecule has 7 nitrogen and oxygen atoms in total. The Hall–Kier alpha value is -2.62. The highest BCUT2D eigenvalue weighted by Crippen LogP contribution is 2.28. The first-order valence-corrected chi connectivity index (χ1v) is 10.4. The van der Waals surface area contributed by atoms with Crippen molar-refractivity contribution in [3.8, 4) is 11.3 Å². The van der Waals surface area contributed by atoms with Crippen LogP contribution in [0.25, 0.3) is 11.3 Å². The van der Waals surface area contributed by atoms with Gasteiger partial charge in [0.25, 0.3) is 0 Å². The zero-order chi connectivity index (χ0) is 20.2. The molecule has 0 spiro atoms. The van der Waals surface area contributed by atoms with E-state index in [1.54, 1.807) is 0 Å². The third-order valence-electron chi connectivity index (χ3n) is 4.85. The number of aliphatic hydroxyl groups excluding tert-OH is 1. The molecule has 1 fully saturated rings. The number of piperazine rings is 1. The Morgan fingerprint density at radius 1 is 1.21 bits per heavy atom. The van der Waals surface area contributed by atoms with Gasteiger partial charge >= 0.3 is 0 Å². The number of nitrogens with one attached hydrogen (secondary N) is 1. The van der Waals surface area contributed by atoms with Gasteiger partial charge in [-0.2, -0.15) is 4.98 Å². The van der Waals surface area contributed by atoms with E-state index in [-0.39, 0.29) is 12.4 Å². The highest BCUT2D eigenvalue weighted by Gasteiger charge is 2.20. The van der Waals surface area contributed by atoms with E-state index in [9.17, 15) is 4.39 Å². The smallest absolute Gasteiger partial charge is 0.227 e. The number of benzene rings is 1. The Morgan fingerprint density at radius 3 is 2.79 bits per heavy atom. The summed E-state index contributed by atoms with van der Waals surface area (Å²) in [7, 11) is 0. The molecule has 3 heterocycles. The number of hydrogen-bond donors (Lipinski definition) is 2. The first kappa shape index (κ1) is 19.7. The minimum absolute atomic E-state index is 0.123. The molecule has 1 aliphatic rings. The molecule has 0 aliphatic carbocycles. The zero-order valence-electron chi connectivity index (χ0n) is 16.2. The molecule has 29 heavy (non-hydrogen) atoms. The van der Waals surface area contributed by atoms with Gasteiger partial charge in [0.05, 0.1) is 18.5 Å². The van der Waals surface area contributed by atoms with Crippen LogP contribution in [-0.4, -0.2) is 64.3 Å². The van der Waals surface area contributed by atoms with Crippen LogP contribution in [0.4, 0.5) is 21.3 Å². The Morgan fingerprint density at radius 2 is 2.03 bits per heavy atom. The van der Waals surface area contributed by atoms with Gasteiger partial charge in [-0.1, -0.05) is 23.8 Å². The number of rotatable bonds is 6. The van der Waals surface area contributed by atoms with Gasteiger partial charge in [-0.3, -0.25) is 4.90 Å². The maximum atomic E-state index is 14.3. The number of halogens is 1. The van der Waals surface area contributed by atoms with E-state index in [4.69, 9.17) is 5.11 Å². The Kier molecular flexibility index (Phi) is 5.98. The van der Waals surface area contributed by atoms with Crippen LogP contribution in [-0.2, 0) is 0 Å². The number of nitrogens with zero attached hydrogens (tertiary/aromatic N) is 5. The molecule has 1 aliphatic heterocycles. The number of anilines is 3. The lowest BCUT2D eigenvalue weighted by Crippen LogP contribution is -2.47. The fourth-order valence-electron chi connectivity index (χ4n) is 3.28. The van der Waals surface area contributed by atoms with E-state index in [0.717, 1.165) is 43.0 Å². The third-order valence-corrected chi connectivity index (χ3v) is 5.60. The number of aromatic nitrogens is 3. The molecule has 3 aromatic rings. The van der Waals surface area contributed by atoms with Gasteiger partial charge in [-0.05, 0) is 13.0 Å². The van der Waals surface area contributed by atoms with Crippen LogP contribution >= 0.6 is 11.3 Å². The number of thiazole rings is 1. The van der Waals surface area contributed by atoms with Crippen LogP contribution < -0.4 is 10.2 Å². The van der Waals surface area contributed by atoms with E-state index in [2.05, 4.69) is 31.2 Å². The monoisotopic (exact) mass is 414 g/mol. The van der Waals surface area contributed by atoms with Crippen molar-refractivity contribution < 1.29 is 9.50 Å². The summed E-state index contributed by atoms with van der Waals surface area (Å²) < 4.78 is 14.3. The van der Waals surface area contributed by atoms with Crippen LogP contribution in [0, 0.1) is 12.7 Å². The summed E-state index contributed by atoms with van der Waals surface area (Å²) in [6, 6.07) is 8.11. The molecule has 0 unspecified atom stereocenters. The number of aryl methyl sites for hydroxylation is 1. The number of hydrogen-bond acceptors (Lipinski definition) is 8. The number of aliphatic hydroxyl groups is 1. The fourth-order valence-corrected chi connectivity index (χ4v) is 4.00. The Balaban J connectivity index is 1.48. The van der Waals surface area contributed by atoms with Crippen molar-refractivity contribution in [2.45, 2.75) is 6.92 Å². The molecule has 152 valence electrons. The standard InChI is InChI=1S/C20H23FN6OS/c1-14-3-2-4-15(11-14)17-13-29-20(23-17)25-18-16(21)12-22-19(24-18)27-7-5-26(6-8-27)9-10-28/h2-4,11-13,28H,5-10H2,1H3,(H,22,23,24,25). The second kappa shape index (κ2) is 8.81. The van der Waals surface area contributed by atoms with Crippen LogP contribution in [0.15, 0.2) is 35.8 Å². The molecular formula is C20H23FN6OS. The summed E-state index contributed by atoms with van der Waals surface area (Å²) in [6.07, 6.45) is 1.19. The lowest BCUT2D eigenvalue weighted by Gasteiger charge is -2.34. The molecular weight excluding hydrogens is 391 g/mol. The van der Waals surface area contributed by atoms with Crippen molar-refractivity contribution in [1.82, 2.24) is 19.9 Å². The van der Waals surface area contributed by atoms with Crippen molar-refractivity contribution in [3.63, 3.8) is 0 Å². The summed E-state index contributed by atoms with van der Waals surface area (Å²) in [5, 5.41) is 14.6. The predicted octanol–water partition coefficient (Wildman–Crippen LogP) is 2.91. The maximum absolute atomic E-state index is 14.3. The van der Waals surface area contributed by atoms with Crippen molar-refractivity contribution in [1.29, 1.82) is 0 Å². The summed E-state index contributed by atoms with van der Waals surface area (Å²) in [4.78, 5) is 17.3. The largest absolute Gasteiger partial charge is 0.395 e. The SMILES string of the molecule is Cc1cccc(-c2csc(Nc3nc(N4CCN(CCO)CC4)ncc3F)n2)c1. The van der Waals surface area contributed by atoms with Crippen molar-refractivity contribution in [2.75, 3.05) is 49.5 Å². The molecule has 0 bridgehead atoms. The van der Waals surface area contributed by atoms with E-state index >= 15 is 0 Å². The van der Waals surface area contributed by atoms with E-state index < -0.39 is 5.82 Å². The first-order valence-electron chi connectivity index (χ1n) is 9.52. The van der Waals surface area contributed by atoms with Gasteiger partial charge in [0.1, 0.15) is 0 Å². The summed E-state index contributed by atoms with van der Waals surface area (Å²) >= 11 is 1.41. The molecule has 1 saturated heterocycles. The molecule has 1 aromatic carbocycles. The highest BCUT2D eigenvalue weighted by molar-refractivity contribution is 7.14. The van der Waals surface area contributed by atoms with E-state index in [0.29, 0.717) is 17.6 Å². The van der Waals surface area contributed by atoms with Crippen molar-refractivity contribution in [2.24, 2.45) is 0 Å². The molecule has 0 amide bonds. The van der Waals surface area contributed by atoms with Gasteiger partial charge in [0.2, 0.25) is 5.95 Å². The molecule has 0 saturated carbocycles. The van der Waals surface area contributed by atoms with Crippen LogP contribution in [0.2, 0.25) is 0 Å². The lowest BCUT2D eigenvalue weighted by atomic mass is 10.1. The molecule has 4 rings (SSSR count). The molecule has 2 N–H and O–H groups in total. The lowest BCUT2D eigenvalue weighted by molar-refractivity contribution is 0.188. The highest BCUT2D eigenvalue weighted by atomic mass is 32.1. The van der Waals surface area contributed by atoms with Gasteiger partial charge in [-0.15, -0.1) is 11.3 Å². The first-order chi connectivity index (χ1) is 14.1. The van der Waals surface area contributed by atoms with Crippen LogP contribution in [0.1, 0.15) is 5.56 Å². The molecule has 0 radical (unpaired) electrons. The summed E-state index contributed by atoms with van der Waals surface area (Å²) in [5.41, 5.74) is 3.03. The Bertz CT molecular complexity index is 973. The minimum Gasteiger partial charge on any atom is -0.395 e. The third kappa shape index (κ3) is 4.69. The second-order valence-corrected chi connectivity index (χ2v) is 7.81. The van der Waals surface area contributed by atoms with E-state index in [1.807, 2.05) is 35.4 Å². The average Bonchev–Trinajstić information content (AvgIpc) is 3.19. The average molecular weight is 415 g/mol. The maximum Gasteiger partial charge on any atom is 0.227 e. The van der Waals surface area contributed by atoms with E-state index in [1.165, 1.54) is 17.5 Å². The molecule has 0 atom stereocenters. The summed E-state index contributed by atoms with van der Waals surface area (Å²) in [6.45, 7) is 5.96. The molecule has 9 heteroatoms. The summed E-state index contributed by atoms with van der Waals surface area (Å²) in [5.74, 6) is 0.103. The zero-order valence-corrected chi connectivity index (χ0v) is 17.0. The predicted molar refractivity (Wildman–Crippen MR) is 113 cm³/mol. The topological polar surface area (TPSA) is 77.4 Å². The fraction of sp³-hybridized carbons (Fsp3) is 0.350. The second-order valence-electron chi connectivity index (χ2n) is 6.95. The normalized spacial score (nSPS) is 14.9. The van der Waals surface area contributed by atoms with Crippen molar-refractivity contribution in [3.05, 3.63) is 47.2 Å². The quantitative estimate of drug-likeness (QED) is 0.642.